The van der Waals surface area contributed by atoms with E-state index in [1.165, 1.54) is 6.20 Å². The molecule has 0 aliphatic rings. The van der Waals surface area contributed by atoms with Crippen LogP contribution in [0.15, 0.2) is 18.3 Å². The molecule has 0 aliphatic carbocycles. The molecular formula is C8H10ClNO3S. The Hall–Kier alpha value is -0.650. The van der Waals surface area contributed by atoms with E-state index in [4.69, 9.17) is 15.8 Å². The van der Waals surface area contributed by atoms with E-state index in [1.807, 2.05) is 0 Å². The maximum Gasteiger partial charge on any atom is 0.264 e. The number of aromatic nitrogens is 1. The fourth-order valence-corrected chi connectivity index (χ4v) is 1.69. The maximum absolute atomic E-state index is 10.8. The molecule has 1 aromatic heterocycles. The van der Waals surface area contributed by atoms with Gasteiger partial charge < -0.3 is 0 Å². The molecule has 0 aromatic carbocycles. The van der Waals surface area contributed by atoms with Crippen LogP contribution in [0.4, 0.5) is 0 Å². The van der Waals surface area contributed by atoms with Gasteiger partial charge in [0.05, 0.1) is 6.26 Å². The third-order valence-electron chi connectivity index (χ3n) is 1.54. The summed E-state index contributed by atoms with van der Waals surface area (Å²) in [7, 11) is -3.44. The first kappa shape index (κ1) is 11.4. The topological polar surface area (TPSA) is 56.3 Å². The normalized spacial score (nSPS) is 13.9. The lowest BCUT2D eigenvalue weighted by atomic mass is 10.2. The molecule has 0 saturated carbocycles. The van der Waals surface area contributed by atoms with Gasteiger partial charge in [-0.3, -0.25) is 4.18 Å². The van der Waals surface area contributed by atoms with E-state index in [0.717, 1.165) is 6.26 Å². The molecule has 4 nitrogen and oxygen atoms in total. The molecule has 0 fully saturated rings. The number of rotatable bonds is 3. The van der Waals surface area contributed by atoms with Gasteiger partial charge in [-0.2, -0.15) is 8.42 Å². The molecule has 78 valence electrons. The number of nitrogens with zero attached hydrogens (tertiary/aromatic N) is 1. The molecule has 14 heavy (non-hydrogen) atoms. The minimum Gasteiger partial charge on any atom is -0.262 e. The molecule has 0 aliphatic heterocycles. The molecule has 1 aromatic rings. The van der Waals surface area contributed by atoms with Crippen LogP contribution in [0.2, 0.25) is 5.15 Å². The van der Waals surface area contributed by atoms with Crippen LogP contribution in [0, 0.1) is 0 Å². The van der Waals surface area contributed by atoms with Crippen LogP contribution < -0.4 is 0 Å². The SMILES string of the molecule is CC(OS(C)(=O)=O)c1ccc(Cl)nc1. The standard InChI is InChI=1S/C8H10ClNO3S/c1-6(13-14(2,11)12)7-3-4-8(9)10-5-7/h3-6H,1-2H3. The van der Waals surface area contributed by atoms with E-state index < -0.39 is 16.2 Å². The van der Waals surface area contributed by atoms with Crippen LogP contribution in [0.3, 0.4) is 0 Å². The molecule has 1 atom stereocenters. The van der Waals surface area contributed by atoms with Gasteiger partial charge in [0.2, 0.25) is 0 Å². The van der Waals surface area contributed by atoms with Crippen molar-refractivity contribution in [2.24, 2.45) is 0 Å². The summed E-state index contributed by atoms with van der Waals surface area (Å²) in [6, 6.07) is 3.25. The predicted octanol–water partition coefficient (Wildman–Crippen LogP) is 1.77. The molecule has 1 heterocycles. The first-order valence-corrected chi connectivity index (χ1v) is 6.07. The lowest BCUT2D eigenvalue weighted by molar-refractivity contribution is 0.236. The highest BCUT2D eigenvalue weighted by Crippen LogP contribution is 2.18. The van der Waals surface area contributed by atoms with Gasteiger partial charge in [-0.05, 0) is 13.0 Å². The van der Waals surface area contributed by atoms with Crippen molar-refractivity contribution in [3.63, 3.8) is 0 Å². The molecule has 0 amide bonds. The van der Waals surface area contributed by atoms with Gasteiger partial charge in [0.1, 0.15) is 11.3 Å². The van der Waals surface area contributed by atoms with E-state index in [0.29, 0.717) is 10.7 Å². The summed E-state index contributed by atoms with van der Waals surface area (Å²) >= 11 is 5.58. The van der Waals surface area contributed by atoms with Crippen LogP contribution in [0.1, 0.15) is 18.6 Å². The number of hydrogen-bond acceptors (Lipinski definition) is 4. The molecule has 0 N–H and O–H groups in total. The van der Waals surface area contributed by atoms with Crippen LogP contribution in [0.5, 0.6) is 0 Å². The molecule has 0 spiro atoms. The fraction of sp³-hybridized carbons (Fsp3) is 0.375. The Morgan fingerprint density at radius 1 is 1.50 bits per heavy atom. The van der Waals surface area contributed by atoms with Gasteiger partial charge in [0.15, 0.2) is 0 Å². The minimum absolute atomic E-state index is 0.361. The summed E-state index contributed by atoms with van der Waals surface area (Å²) in [6.07, 6.45) is 1.94. The first-order chi connectivity index (χ1) is 6.38. The van der Waals surface area contributed by atoms with E-state index >= 15 is 0 Å². The minimum atomic E-state index is -3.44. The molecule has 1 unspecified atom stereocenters. The van der Waals surface area contributed by atoms with E-state index in [9.17, 15) is 8.42 Å². The van der Waals surface area contributed by atoms with Crippen molar-refractivity contribution in [1.29, 1.82) is 0 Å². The summed E-state index contributed by atoms with van der Waals surface area (Å²) in [6.45, 7) is 1.63. The second-order valence-electron chi connectivity index (χ2n) is 2.86. The van der Waals surface area contributed by atoms with E-state index in [-0.39, 0.29) is 0 Å². The van der Waals surface area contributed by atoms with Crippen LogP contribution in [0.25, 0.3) is 0 Å². The molecule has 0 bridgehead atoms. The Balaban J connectivity index is 2.80. The highest BCUT2D eigenvalue weighted by Gasteiger charge is 2.12. The average molecular weight is 236 g/mol. The van der Waals surface area contributed by atoms with Gasteiger partial charge >= 0.3 is 0 Å². The highest BCUT2D eigenvalue weighted by molar-refractivity contribution is 7.86. The van der Waals surface area contributed by atoms with Crippen molar-refractivity contribution < 1.29 is 12.6 Å². The van der Waals surface area contributed by atoms with E-state index in [2.05, 4.69) is 4.98 Å². The zero-order valence-corrected chi connectivity index (χ0v) is 9.34. The predicted molar refractivity (Wildman–Crippen MR) is 53.6 cm³/mol. The Labute approximate surface area is 88.0 Å². The zero-order chi connectivity index (χ0) is 10.8. The highest BCUT2D eigenvalue weighted by atomic mass is 35.5. The Kier molecular flexibility index (Phi) is 3.47. The lowest BCUT2D eigenvalue weighted by Crippen LogP contribution is -2.07. The zero-order valence-electron chi connectivity index (χ0n) is 7.77. The molecule has 0 saturated heterocycles. The van der Waals surface area contributed by atoms with Crippen LogP contribution in [-0.4, -0.2) is 19.7 Å². The van der Waals surface area contributed by atoms with Crippen LogP contribution >= 0.6 is 11.6 Å². The second kappa shape index (κ2) is 4.25. The summed E-state index contributed by atoms with van der Waals surface area (Å²) < 4.78 is 26.4. The third kappa shape index (κ3) is 3.61. The van der Waals surface area contributed by atoms with Gasteiger partial charge in [-0.15, -0.1) is 0 Å². The fourth-order valence-electron chi connectivity index (χ4n) is 0.945. The van der Waals surface area contributed by atoms with E-state index in [1.54, 1.807) is 19.1 Å². The summed E-state index contributed by atoms with van der Waals surface area (Å²) in [5.41, 5.74) is 0.667. The quantitative estimate of drug-likeness (QED) is 0.592. The van der Waals surface area contributed by atoms with Gasteiger partial charge in [0.25, 0.3) is 10.1 Å². The van der Waals surface area contributed by atoms with Gasteiger partial charge in [-0.25, -0.2) is 4.98 Å². The van der Waals surface area contributed by atoms with Crippen molar-refractivity contribution in [2.75, 3.05) is 6.26 Å². The molecule has 1 rings (SSSR count). The van der Waals surface area contributed by atoms with Crippen molar-refractivity contribution in [3.05, 3.63) is 29.0 Å². The Morgan fingerprint density at radius 2 is 2.14 bits per heavy atom. The molecule has 0 radical (unpaired) electrons. The summed E-state index contributed by atoms with van der Waals surface area (Å²) in [5.74, 6) is 0. The number of hydrogen-bond donors (Lipinski definition) is 0. The molecular weight excluding hydrogens is 226 g/mol. The monoisotopic (exact) mass is 235 g/mol. The summed E-state index contributed by atoms with van der Waals surface area (Å²) in [4.78, 5) is 3.82. The van der Waals surface area contributed by atoms with Crippen molar-refractivity contribution in [2.45, 2.75) is 13.0 Å². The third-order valence-corrected chi connectivity index (χ3v) is 2.40. The van der Waals surface area contributed by atoms with Gasteiger partial charge in [0, 0.05) is 11.8 Å². The first-order valence-electron chi connectivity index (χ1n) is 3.88. The van der Waals surface area contributed by atoms with Gasteiger partial charge in [-0.1, -0.05) is 17.7 Å². The number of halogens is 1. The average Bonchev–Trinajstić information content (AvgIpc) is 2.02. The lowest BCUT2D eigenvalue weighted by Gasteiger charge is -2.10. The second-order valence-corrected chi connectivity index (χ2v) is 4.84. The van der Waals surface area contributed by atoms with Crippen molar-refractivity contribution in [3.8, 4) is 0 Å². The Morgan fingerprint density at radius 3 is 2.57 bits per heavy atom. The van der Waals surface area contributed by atoms with Crippen molar-refractivity contribution in [1.82, 2.24) is 4.98 Å². The largest absolute Gasteiger partial charge is 0.264 e. The smallest absolute Gasteiger partial charge is 0.262 e. The van der Waals surface area contributed by atoms with Crippen molar-refractivity contribution >= 4 is 21.7 Å². The molecule has 6 heteroatoms. The number of pyridine rings is 1. The Bertz CT molecular complexity index is 401. The summed E-state index contributed by atoms with van der Waals surface area (Å²) in [5, 5.41) is 0.361. The maximum atomic E-state index is 10.8. The van der Waals surface area contributed by atoms with Crippen LogP contribution in [-0.2, 0) is 14.3 Å².